The summed E-state index contributed by atoms with van der Waals surface area (Å²) in [4.78, 5) is 29.4. The minimum absolute atomic E-state index is 0.0821. The lowest BCUT2D eigenvalue weighted by molar-refractivity contribution is 0.0632. The third-order valence-electron chi connectivity index (χ3n) is 4.06. The van der Waals surface area contributed by atoms with Crippen molar-refractivity contribution in [3.8, 4) is 0 Å². The number of aromatic nitrogens is 2. The van der Waals surface area contributed by atoms with Gasteiger partial charge in [0.05, 0.1) is 12.1 Å². The molecule has 0 spiro atoms. The van der Waals surface area contributed by atoms with Gasteiger partial charge in [-0.2, -0.15) is 0 Å². The Morgan fingerprint density at radius 1 is 1.04 bits per heavy atom. The maximum atomic E-state index is 12.4. The summed E-state index contributed by atoms with van der Waals surface area (Å²) in [6.07, 6.45) is 1.45. The number of pyridine rings is 1. The molecule has 0 aliphatic carbocycles. The van der Waals surface area contributed by atoms with Crippen LogP contribution in [0, 0.1) is 0 Å². The first-order valence-corrected chi connectivity index (χ1v) is 9.64. The number of nitrogens with one attached hydrogen (secondary N) is 1. The third-order valence-corrected chi connectivity index (χ3v) is 4.91. The maximum absolute atomic E-state index is 12.4. The summed E-state index contributed by atoms with van der Waals surface area (Å²) >= 11 is 0. The summed E-state index contributed by atoms with van der Waals surface area (Å²) < 4.78 is 21.8. The summed E-state index contributed by atoms with van der Waals surface area (Å²) in [6.45, 7) is -0.161. The number of para-hydroxylation sites is 1. The van der Waals surface area contributed by atoms with Crippen molar-refractivity contribution in [2.24, 2.45) is 0 Å². The van der Waals surface area contributed by atoms with Gasteiger partial charge in [-0.1, -0.05) is 48.5 Å². The van der Waals surface area contributed by atoms with Crippen molar-refractivity contribution in [3.05, 3.63) is 78.1 Å². The summed E-state index contributed by atoms with van der Waals surface area (Å²) in [7, 11) is -4.60. The van der Waals surface area contributed by atoms with Crippen LogP contribution in [0.4, 0.5) is 0 Å². The van der Waals surface area contributed by atoms with Gasteiger partial charge < -0.3 is 9.51 Å². The molecule has 27 heavy (non-hydrogen) atoms. The van der Waals surface area contributed by atoms with Crippen molar-refractivity contribution in [2.45, 2.75) is 6.61 Å². The van der Waals surface area contributed by atoms with Gasteiger partial charge in [-0.05, 0) is 17.7 Å². The Morgan fingerprint density at radius 2 is 1.78 bits per heavy atom. The van der Waals surface area contributed by atoms with E-state index in [1.54, 1.807) is 30.3 Å². The fourth-order valence-electron chi connectivity index (χ4n) is 2.83. The van der Waals surface area contributed by atoms with E-state index in [-0.39, 0.29) is 12.3 Å². The summed E-state index contributed by atoms with van der Waals surface area (Å²) in [5.41, 5.74) is 1.86. The second kappa shape index (κ2) is 6.96. The van der Waals surface area contributed by atoms with Crippen molar-refractivity contribution in [2.75, 3.05) is 0 Å². The molecule has 0 aliphatic rings. The first kappa shape index (κ1) is 17.4. The highest BCUT2D eigenvalue weighted by Gasteiger charge is 2.29. The lowest BCUT2D eigenvalue weighted by atomic mass is 10.1. The lowest BCUT2D eigenvalue weighted by Crippen LogP contribution is -2.08. The molecule has 7 nitrogen and oxygen atoms in total. The van der Waals surface area contributed by atoms with E-state index in [2.05, 4.69) is 9.97 Å². The van der Waals surface area contributed by atoms with Crippen LogP contribution in [0.1, 0.15) is 16.1 Å². The van der Waals surface area contributed by atoms with Crippen LogP contribution in [-0.2, 0) is 20.2 Å². The molecule has 0 aliphatic heterocycles. The first-order valence-electron chi connectivity index (χ1n) is 8.14. The summed E-state index contributed by atoms with van der Waals surface area (Å²) in [5.74, 6) is -1.04. The highest BCUT2D eigenvalue weighted by atomic mass is 31.2. The molecule has 0 fully saturated rings. The lowest BCUT2D eigenvalue weighted by Gasteiger charge is -2.11. The molecule has 0 radical (unpaired) electrons. The fourth-order valence-corrected chi connectivity index (χ4v) is 3.49. The van der Waals surface area contributed by atoms with Crippen LogP contribution in [0.3, 0.4) is 0 Å². The van der Waals surface area contributed by atoms with Crippen molar-refractivity contribution in [1.82, 2.24) is 9.97 Å². The third kappa shape index (κ3) is 3.61. The molecule has 0 saturated heterocycles. The molecule has 0 saturated carbocycles. The van der Waals surface area contributed by atoms with Crippen LogP contribution >= 0.6 is 7.82 Å². The Bertz CT molecular complexity index is 1170. The zero-order chi connectivity index (χ0) is 18.9. The average molecular weight is 382 g/mol. The number of carbonyl (C=O) groups excluding carboxylic acids is 1. The molecule has 4 rings (SSSR count). The van der Waals surface area contributed by atoms with Crippen molar-refractivity contribution < 1.29 is 23.3 Å². The minimum atomic E-state index is -4.60. The fraction of sp³-hybridized carbons (Fsp3) is 0.0526. The first-order chi connectivity index (χ1) is 13.0. The molecule has 2 heterocycles. The normalized spacial score (nSPS) is 13.5. The Morgan fingerprint density at radius 3 is 2.59 bits per heavy atom. The zero-order valence-corrected chi connectivity index (χ0v) is 14.9. The van der Waals surface area contributed by atoms with Crippen molar-refractivity contribution in [3.63, 3.8) is 0 Å². The van der Waals surface area contributed by atoms with Gasteiger partial charge in [0.25, 0.3) is 0 Å². The smallest absolute Gasteiger partial charge is 0.366 e. The Kier molecular flexibility index (Phi) is 4.49. The van der Waals surface area contributed by atoms with Crippen LogP contribution in [0.2, 0.25) is 0 Å². The van der Waals surface area contributed by atoms with E-state index in [1.807, 2.05) is 30.3 Å². The second-order valence-electron chi connectivity index (χ2n) is 5.86. The number of hydrogen-bond donors (Lipinski definition) is 2. The quantitative estimate of drug-likeness (QED) is 0.502. The van der Waals surface area contributed by atoms with E-state index in [0.29, 0.717) is 11.1 Å². The van der Waals surface area contributed by atoms with Gasteiger partial charge in [0.15, 0.2) is 5.69 Å². The average Bonchev–Trinajstić information content (AvgIpc) is 3.06. The number of H-pyrrole nitrogens is 1. The standard InChI is InChI=1S/C19H15N2O5P/c22-19(26-27(23,24)25-12-13-6-2-1-3-7-13)18-17-15(10-11-20-18)14-8-4-5-9-16(14)21-17/h1-11,21H,12H2,(H,23,24). The van der Waals surface area contributed by atoms with E-state index in [4.69, 9.17) is 9.05 Å². The number of rotatable bonds is 5. The highest BCUT2D eigenvalue weighted by molar-refractivity contribution is 7.48. The SMILES string of the molecule is O=C(OP(=O)(O)OCc1ccccc1)c1nccc2c1[nH]c1ccccc12. The molecule has 0 amide bonds. The van der Waals surface area contributed by atoms with Gasteiger partial charge in [0.2, 0.25) is 0 Å². The van der Waals surface area contributed by atoms with Gasteiger partial charge in [-0.3, -0.25) is 9.42 Å². The molecular formula is C19H15N2O5P. The van der Waals surface area contributed by atoms with Gasteiger partial charge >= 0.3 is 13.8 Å². The van der Waals surface area contributed by atoms with Crippen LogP contribution in [0.25, 0.3) is 21.8 Å². The molecule has 1 unspecified atom stereocenters. The molecule has 1 atom stereocenters. The molecule has 2 aromatic heterocycles. The van der Waals surface area contributed by atoms with Crippen LogP contribution in [0.5, 0.6) is 0 Å². The minimum Gasteiger partial charge on any atom is -0.366 e. The van der Waals surface area contributed by atoms with Gasteiger partial charge in [0.1, 0.15) is 0 Å². The number of aromatic amines is 1. The van der Waals surface area contributed by atoms with E-state index in [1.165, 1.54) is 6.20 Å². The molecule has 2 N–H and O–H groups in total. The maximum Gasteiger partial charge on any atom is 0.530 e. The highest BCUT2D eigenvalue weighted by Crippen LogP contribution is 2.45. The van der Waals surface area contributed by atoms with Crippen LogP contribution < -0.4 is 0 Å². The Labute approximate surface area is 154 Å². The topological polar surface area (TPSA) is 102 Å². The second-order valence-corrected chi connectivity index (χ2v) is 7.24. The van der Waals surface area contributed by atoms with Gasteiger partial charge in [0, 0.05) is 22.5 Å². The van der Waals surface area contributed by atoms with E-state index in [0.717, 1.165) is 16.3 Å². The molecular weight excluding hydrogens is 367 g/mol. The molecule has 2 aromatic carbocycles. The summed E-state index contributed by atoms with van der Waals surface area (Å²) in [5, 5.41) is 1.68. The van der Waals surface area contributed by atoms with E-state index in [9.17, 15) is 14.3 Å². The number of fused-ring (bicyclic) bond motifs is 3. The van der Waals surface area contributed by atoms with Crippen molar-refractivity contribution >= 4 is 35.6 Å². The number of hydrogen-bond acceptors (Lipinski definition) is 5. The number of phosphoric acid groups is 1. The van der Waals surface area contributed by atoms with Crippen LogP contribution in [-0.4, -0.2) is 20.8 Å². The summed E-state index contributed by atoms with van der Waals surface area (Å²) in [6, 6.07) is 18.1. The number of benzene rings is 2. The molecule has 0 bridgehead atoms. The Balaban J connectivity index is 1.58. The zero-order valence-electron chi connectivity index (χ0n) is 14.0. The number of phosphoric ester groups is 1. The van der Waals surface area contributed by atoms with E-state index < -0.39 is 13.8 Å². The van der Waals surface area contributed by atoms with E-state index >= 15 is 0 Å². The monoisotopic (exact) mass is 382 g/mol. The van der Waals surface area contributed by atoms with Gasteiger partial charge in [-0.15, -0.1) is 0 Å². The van der Waals surface area contributed by atoms with Crippen molar-refractivity contribution in [1.29, 1.82) is 0 Å². The largest absolute Gasteiger partial charge is 0.530 e. The number of nitrogens with zero attached hydrogens (tertiary/aromatic N) is 1. The predicted octanol–water partition coefficient (Wildman–Crippen LogP) is 4.19. The molecule has 136 valence electrons. The van der Waals surface area contributed by atoms with Crippen LogP contribution in [0.15, 0.2) is 66.9 Å². The Hall–Kier alpha value is -2.99. The molecule has 4 aromatic rings. The number of carbonyl (C=O) groups is 1. The molecule has 8 heteroatoms. The predicted molar refractivity (Wildman–Crippen MR) is 100 cm³/mol. The van der Waals surface area contributed by atoms with Gasteiger partial charge in [-0.25, -0.2) is 14.3 Å².